The lowest BCUT2D eigenvalue weighted by molar-refractivity contribution is 0.280. The summed E-state index contributed by atoms with van der Waals surface area (Å²) in [7, 11) is 1.60. The predicted molar refractivity (Wildman–Crippen MR) is 63.8 cm³/mol. The minimum atomic E-state index is 0.242. The molecule has 0 bridgehead atoms. The summed E-state index contributed by atoms with van der Waals surface area (Å²) in [5.74, 6) is 1.60. The number of nitrogens with zero attached hydrogens (tertiary/aromatic N) is 2. The normalized spacial score (nSPS) is 9.94. The van der Waals surface area contributed by atoms with Crippen LogP contribution in [0.4, 0.5) is 5.95 Å². The Hall–Kier alpha value is -2.30. The molecule has 2 N–H and O–H groups in total. The van der Waals surface area contributed by atoms with Gasteiger partial charge in [-0.1, -0.05) is 12.1 Å². The molecule has 0 saturated carbocycles. The summed E-state index contributed by atoms with van der Waals surface area (Å²) in [4.78, 5) is 7.86. The van der Waals surface area contributed by atoms with E-state index in [0.29, 0.717) is 18.1 Å². The fourth-order valence-electron chi connectivity index (χ4n) is 1.38. The van der Waals surface area contributed by atoms with E-state index in [9.17, 15) is 0 Å². The molecule has 2 aromatic rings. The number of anilines is 1. The first-order valence-corrected chi connectivity index (χ1v) is 5.13. The van der Waals surface area contributed by atoms with Gasteiger partial charge in [0, 0.05) is 6.20 Å². The van der Waals surface area contributed by atoms with Gasteiger partial charge in [0.25, 0.3) is 0 Å². The lowest BCUT2D eigenvalue weighted by Crippen LogP contribution is -2.02. The minimum absolute atomic E-state index is 0.242. The SMILES string of the molecule is COc1ccccc1OCc1ccnc(N)n1. The van der Waals surface area contributed by atoms with Gasteiger partial charge in [0.1, 0.15) is 6.61 Å². The molecule has 1 aromatic heterocycles. The molecule has 0 fully saturated rings. The van der Waals surface area contributed by atoms with Crippen LogP contribution in [0.15, 0.2) is 36.5 Å². The molecule has 2 rings (SSSR count). The number of rotatable bonds is 4. The molecule has 1 aromatic carbocycles. The third-order valence-electron chi connectivity index (χ3n) is 2.18. The summed E-state index contributed by atoms with van der Waals surface area (Å²) in [6, 6.07) is 9.19. The number of ether oxygens (including phenoxy) is 2. The second-order valence-corrected chi connectivity index (χ2v) is 3.35. The van der Waals surface area contributed by atoms with Gasteiger partial charge in [0.05, 0.1) is 12.8 Å². The molecule has 5 nitrogen and oxygen atoms in total. The van der Waals surface area contributed by atoms with Gasteiger partial charge < -0.3 is 15.2 Å². The average Bonchev–Trinajstić information content (AvgIpc) is 2.37. The molecule has 0 atom stereocenters. The molecule has 88 valence electrons. The van der Waals surface area contributed by atoms with E-state index in [0.717, 1.165) is 5.69 Å². The van der Waals surface area contributed by atoms with Crippen LogP contribution in [0, 0.1) is 0 Å². The van der Waals surface area contributed by atoms with Crippen LogP contribution in [0.25, 0.3) is 0 Å². The van der Waals surface area contributed by atoms with E-state index in [2.05, 4.69) is 9.97 Å². The molecule has 17 heavy (non-hydrogen) atoms. The Labute approximate surface area is 99.2 Å². The van der Waals surface area contributed by atoms with Crippen LogP contribution in [0.2, 0.25) is 0 Å². The van der Waals surface area contributed by atoms with Crippen LogP contribution in [0.3, 0.4) is 0 Å². The molecule has 0 aliphatic carbocycles. The third-order valence-corrected chi connectivity index (χ3v) is 2.18. The van der Waals surface area contributed by atoms with Crippen LogP contribution in [-0.4, -0.2) is 17.1 Å². The van der Waals surface area contributed by atoms with E-state index in [1.807, 2.05) is 24.3 Å². The van der Waals surface area contributed by atoms with Gasteiger partial charge in [0.2, 0.25) is 5.95 Å². The maximum Gasteiger partial charge on any atom is 0.220 e. The number of nitrogen functional groups attached to an aromatic ring is 1. The number of nitrogens with two attached hydrogens (primary N) is 1. The van der Waals surface area contributed by atoms with Crippen LogP contribution >= 0.6 is 0 Å². The van der Waals surface area contributed by atoms with E-state index in [4.69, 9.17) is 15.2 Å². The van der Waals surface area contributed by atoms with E-state index in [-0.39, 0.29) is 5.95 Å². The summed E-state index contributed by atoms with van der Waals surface area (Å²) >= 11 is 0. The molecule has 5 heteroatoms. The molecular weight excluding hydrogens is 218 g/mol. The zero-order valence-corrected chi connectivity index (χ0v) is 9.46. The third kappa shape index (κ3) is 2.84. The van der Waals surface area contributed by atoms with E-state index in [1.54, 1.807) is 19.4 Å². The molecule has 0 amide bonds. The van der Waals surface area contributed by atoms with Gasteiger partial charge >= 0.3 is 0 Å². The predicted octanol–water partition coefficient (Wildman–Crippen LogP) is 1.65. The summed E-state index contributed by atoms with van der Waals surface area (Å²) in [5, 5.41) is 0. The summed E-state index contributed by atoms with van der Waals surface area (Å²) < 4.78 is 10.8. The van der Waals surface area contributed by atoms with Crippen LogP contribution in [0.5, 0.6) is 11.5 Å². The zero-order chi connectivity index (χ0) is 12.1. The van der Waals surface area contributed by atoms with Crippen molar-refractivity contribution >= 4 is 5.95 Å². The number of methoxy groups -OCH3 is 1. The monoisotopic (exact) mass is 231 g/mol. The first-order chi connectivity index (χ1) is 8.29. The van der Waals surface area contributed by atoms with E-state index in [1.165, 1.54) is 0 Å². The Kier molecular flexibility index (Phi) is 3.40. The number of hydrogen-bond donors (Lipinski definition) is 1. The number of hydrogen-bond acceptors (Lipinski definition) is 5. The lowest BCUT2D eigenvalue weighted by Gasteiger charge is -2.09. The topological polar surface area (TPSA) is 70.3 Å². The maximum absolute atomic E-state index is 5.60. The van der Waals surface area contributed by atoms with Crippen LogP contribution in [-0.2, 0) is 6.61 Å². The van der Waals surface area contributed by atoms with E-state index >= 15 is 0 Å². The van der Waals surface area contributed by atoms with Crippen molar-refractivity contribution in [2.45, 2.75) is 6.61 Å². The smallest absolute Gasteiger partial charge is 0.220 e. The molecule has 0 radical (unpaired) electrons. The maximum atomic E-state index is 5.60. The molecule has 0 aliphatic rings. The van der Waals surface area contributed by atoms with Crippen molar-refractivity contribution in [1.29, 1.82) is 0 Å². The van der Waals surface area contributed by atoms with Gasteiger partial charge in [-0.25, -0.2) is 9.97 Å². The Morgan fingerprint density at radius 2 is 1.94 bits per heavy atom. The Morgan fingerprint density at radius 1 is 1.18 bits per heavy atom. The highest BCUT2D eigenvalue weighted by molar-refractivity contribution is 5.39. The summed E-state index contributed by atoms with van der Waals surface area (Å²) in [6.07, 6.45) is 1.60. The number of aromatic nitrogens is 2. The lowest BCUT2D eigenvalue weighted by atomic mass is 10.3. The van der Waals surface area contributed by atoms with Crippen molar-refractivity contribution in [3.05, 3.63) is 42.2 Å². The summed E-state index contributed by atoms with van der Waals surface area (Å²) in [5.41, 5.74) is 6.21. The van der Waals surface area contributed by atoms with Crippen LogP contribution in [0.1, 0.15) is 5.69 Å². The Morgan fingerprint density at radius 3 is 2.65 bits per heavy atom. The quantitative estimate of drug-likeness (QED) is 0.866. The first-order valence-electron chi connectivity index (χ1n) is 5.13. The van der Waals surface area contributed by atoms with Crippen molar-refractivity contribution in [3.8, 4) is 11.5 Å². The van der Waals surface area contributed by atoms with Gasteiger partial charge in [-0.05, 0) is 18.2 Å². The molecule has 0 unspecified atom stereocenters. The van der Waals surface area contributed by atoms with Crippen molar-refractivity contribution in [1.82, 2.24) is 9.97 Å². The molecule has 0 spiro atoms. The number of para-hydroxylation sites is 2. The van der Waals surface area contributed by atoms with Crippen molar-refractivity contribution in [2.24, 2.45) is 0 Å². The standard InChI is InChI=1S/C12H13N3O2/c1-16-10-4-2-3-5-11(10)17-8-9-6-7-14-12(13)15-9/h2-7H,8H2,1H3,(H2,13,14,15). The highest BCUT2D eigenvalue weighted by atomic mass is 16.5. The fourth-order valence-corrected chi connectivity index (χ4v) is 1.38. The van der Waals surface area contributed by atoms with Gasteiger partial charge in [-0.15, -0.1) is 0 Å². The molecule has 0 saturated heterocycles. The van der Waals surface area contributed by atoms with Crippen molar-refractivity contribution in [2.75, 3.05) is 12.8 Å². The second kappa shape index (κ2) is 5.16. The highest BCUT2D eigenvalue weighted by Gasteiger charge is 2.03. The Balaban J connectivity index is 2.07. The second-order valence-electron chi connectivity index (χ2n) is 3.35. The van der Waals surface area contributed by atoms with E-state index < -0.39 is 0 Å². The van der Waals surface area contributed by atoms with Gasteiger partial charge in [0.15, 0.2) is 11.5 Å². The average molecular weight is 231 g/mol. The zero-order valence-electron chi connectivity index (χ0n) is 9.46. The fraction of sp³-hybridized carbons (Fsp3) is 0.167. The van der Waals surface area contributed by atoms with Crippen molar-refractivity contribution in [3.63, 3.8) is 0 Å². The summed E-state index contributed by atoms with van der Waals surface area (Å²) in [6.45, 7) is 0.326. The molecular formula is C12H13N3O2. The number of benzene rings is 1. The van der Waals surface area contributed by atoms with Gasteiger partial charge in [-0.3, -0.25) is 0 Å². The van der Waals surface area contributed by atoms with Gasteiger partial charge in [-0.2, -0.15) is 0 Å². The van der Waals surface area contributed by atoms with Crippen LogP contribution < -0.4 is 15.2 Å². The first kappa shape index (κ1) is 11.2. The Bertz CT molecular complexity index is 503. The molecule has 1 heterocycles. The van der Waals surface area contributed by atoms with Crippen molar-refractivity contribution < 1.29 is 9.47 Å². The highest BCUT2D eigenvalue weighted by Crippen LogP contribution is 2.26. The molecule has 0 aliphatic heterocycles. The largest absolute Gasteiger partial charge is 0.493 e. The minimum Gasteiger partial charge on any atom is -0.493 e.